The molecule has 1 amide bonds. The third kappa shape index (κ3) is 2.35. The minimum atomic E-state index is -0.0958. The molecule has 3 nitrogen and oxygen atoms in total. The third-order valence-electron chi connectivity index (χ3n) is 4.85. The Morgan fingerprint density at radius 2 is 2.12 bits per heavy atom. The fourth-order valence-electron chi connectivity index (χ4n) is 3.21. The molecule has 17 heavy (non-hydrogen) atoms. The van der Waals surface area contributed by atoms with Gasteiger partial charge in [0.25, 0.3) is 0 Å². The van der Waals surface area contributed by atoms with Gasteiger partial charge in [0.15, 0.2) is 0 Å². The highest BCUT2D eigenvalue weighted by Gasteiger charge is 2.49. The lowest BCUT2D eigenvalue weighted by Gasteiger charge is -2.38. The van der Waals surface area contributed by atoms with Gasteiger partial charge < -0.3 is 10.6 Å². The molecule has 2 aliphatic rings. The molecule has 98 valence electrons. The molecular weight excluding hydrogens is 212 g/mol. The summed E-state index contributed by atoms with van der Waals surface area (Å²) >= 11 is 0. The van der Waals surface area contributed by atoms with Crippen molar-refractivity contribution in [3.05, 3.63) is 0 Å². The first kappa shape index (κ1) is 12.9. The molecule has 1 aliphatic carbocycles. The number of hydrogen-bond donors (Lipinski definition) is 2. The van der Waals surface area contributed by atoms with Gasteiger partial charge in [0, 0.05) is 12.6 Å². The maximum Gasteiger partial charge on any atom is 0.228 e. The molecule has 2 N–H and O–H groups in total. The zero-order valence-electron chi connectivity index (χ0n) is 11.4. The Bertz CT molecular complexity index is 290. The van der Waals surface area contributed by atoms with Gasteiger partial charge >= 0.3 is 0 Å². The Morgan fingerprint density at radius 1 is 1.35 bits per heavy atom. The quantitative estimate of drug-likeness (QED) is 0.789. The van der Waals surface area contributed by atoms with Crippen LogP contribution in [0.1, 0.15) is 46.5 Å². The molecule has 1 unspecified atom stereocenters. The van der Waals surface area contributed by atoms with Gasteiger partial charge in [-0.05, 0) is 38.1 Å². The van der Waals surface area contributed by atoms with E-state index in [1.165, 1.54) is 19.3 Å². The Balaban J connectivity index is 2.06. The number of rotatable bonds is 3. The summed E-state index contributed by atoms with van der Waals surface area (Å²) in [6, 6.07) is 0.278. The second-order valence-electron chi connectivity index (χ2n) is 6.24. The molecule has 0 bridgehead atoms. The average Bonchev–Trinajstić information content (AvgIpc) is 2.73. The van der Waals surface area contributed by atoms with E-state index in [0.717, 1.165) is 19.5 Å². The molecule has 1 heterocycles. The molecule has 1 saturated carbocycles. The van der Waals surface area contributed by atoms with Crippen LogP contribution in [0.25, 0.3) is 0 Å². The number of nitrogens with one attached hydrogen (secondary N) is 2. The van der Waals surface area contributed by atoms with Gasteiger partial charge in [-0.3, -0.25) is 4.79 Å². The first-order valence-electron chi connectivity index (χ1n) is 7.08. The number of carbonyl (C=O) groups excluding carboxylic acids is 1. The molecule has 0 aromatic heterocycles. The summed E-state index contributed by atoms with van der Waals surface area (Å²) in [6.07, 6.45) is 4.79. The van der Waals surface area contributed by atoms with Gasteiger partial charge in [0.1, 0.15) is 0 Å². The highest BCUT2D eigenvalue weighted by Crippen LogP contribution is 2.44. The number of hydrogen-bond acceptors (Lipinski definition) is 2. The normalized spacial score (nSPS) is 34.5. The van der Waals surface area contributed by atoms with Crippen LogP contribution in [0.5, 0.6) is 0 Å². The van der Waals surface area contributed by atoms with Crippen molar-refractivity contribution in [2.75, 3.05) is 13.1 Å². The molecule has 1 saturated heterocycles. The second kappa shape index (κ2) is 4.97. The SMILES string of the molecule is CC(C)C(C)NC(=O)[C@@]12CCCC[C@H]1CNC2. The fraction of sp³-hybridized carbons (Fsp3) is 0.929. The van der Waals surface area contributed by atoms with Crippen molar-refractivity contribution in [3.63, 3.8) is 0 Å². The van der Waals surface area contributed by atoms with Crippen molar-refractivity contribution in [3.8, 4) is 0 Å². The molecule has 3 heteroatoms. The van der Waals surface area contributed by atoms with E-state index in [1.54, 1.807) is 0 Å². The molecule has 0 spiro atoms. The van der Waals surface area contributed by atoms with Crippen LogP contribution in [-0.2, 0) is 4.79 Å². The lowest BCUT2D eigenvalue weighted by atomic mass is 9.67. The van der Waals surface area contributed by atoms with Crippen molar-refractivity contribution in [2.24, 2.45) is 17.3 Å². The minimum Gasteiger partial charge on any atom is -0.353 e. The van der Waals surface area contributed by atoms with E-state index in [2.05, 4.69) is 31.4 Å². The van der Waals surface area contributed by atoms with Crippen LogP contribution in [-0.4, -0.2) is 25.0 Å². The molecule has 1 aliphatic heterocycles. The van der Waals surface area contributed by atoms with Crippen molar-refractivity contribution in [2.45, 2.75) is 52.5 Å². The fourth-order valence-corrected chi connectivity index (χ4v) is 3.21. The van der Waals surface area contributed by atoms with Crippen LogP contribution in [0.4, 0.5) is 0 Å². The summed E-state index contributed by atoms with van der Waals surface area (Å²) in [7, 11) is 0. The Morgan fingerprint density at radius 3 is 2.82 bits per heavy atom. The van der Waals surface area contributed by atoms with Gasteiger partial charge in [-0.2, -0.15) is 0 Å². The van der Waals surface area contributed by atoms with Crippen LogP contribution in [0.15, 0.2) is 0 Å². The lowest BCUT2D eigenvalue weighted by Crippen LogP contribution is -2.51. The highest BCUT2D eigenvalue weighted by molar-refractivity contribution is 5.84. The van der Waals surface area contributed by atoms with Crippen molar-refractivity contribution in [1.29, 1.82) is 0 Å². The van der Waals surface area contributed by atoms with E-state index in [9.17, 15) is 4.79 Å². The third-order valence-corrected chi connectivity index (χ3v) is 4.85. The summed E-state index contributed by atoms with van der Waals surface area (Å²) in [6.45, 7) is 8.35. The van der Waals surface area contributed by atoms with Gasteiger partial charge in [0.05, 0.1) is 5.41 Å². The van der Waals surface area contributed by atoms with Gasteiger partial charge in [-0.25, -0.2) is 0 Å². The van der Waals surface area contributed by atoms with E-state index in [4.69, 9.17) is 0 Å². The Hall–Kier alpha value is -0.570. The van der Waals surface area contributed by atoms with E-state index < -0.39 is 0 Å². The van der Waals surface area contributed by atoms with E-state index in [1.807, 2.05) is 0 Å². The Labute approximate surface area is 105 Å². The first-order chi connectivity index (χ1) is 8.06. The average molecular weight is 238 g/mol. The smallest absolute Gasteiger partial charge is 0.228 e. The van der Waals surface area contributed by atoms with Gasteiger partial charge in [-0.1, -0.05) is 26.7 Å². The molecule has 3 atom stereocenters. The summed E-state index contributed by atoms with van der Waals surface area (Å²) in [5.41, 5.74) is -0.0958. The van der Waals surface area contributed by atoms with E-state index in [0.29, 0.717) is 17.7 Å². The molecule has 0 radical (unpaired) electrons. The second-order valence-corrected chi connectivity index (χ2v) is 6.24. The van der Waals surface area contributed by atoms with E-state index in [-0.39, 0.29) is 11.5 Å². The van der Waals surface area contributed by atoms with Crippen LogP contribution in [0.2, 0.25) is 0 Å². The van der Waals surface area contributed by atoms with Crippen molar-refractivity contribution in [1.82, 2.24) is 10.6 Å². The zero-order valence-corrected chi connectivity index (χ0v) is 11.4. The summed E-state index contributed by atoms with van der Waals surface area (Å²) < 4.78 is 0. The molecular formula is C14H26N2O. The molecule has 0 aromatic carbocycles. The highest BCUT2D eigenvalue weighted by atomic mass is 16.2. The molecule has 2 fully saturated rings. The van der Waals surface area contributed by atoms with Crippen LogP contribution in [0, 0.1) is 17.3 Å². The number of carbonyl (C=O) groups is 1. The minimum absolute atomic E-state index is 0.0958. The maximum atomic E-state index is 12.6. The summed E-state index contributed by atoms with van der Waals surface area (Å²) in [5, 5.41) is 6.66. The largest absolute Gasteiger partial charge is 0.353 e. The van der Waals surface area contributed by atoms with Crippen molar-refractivity contribution >= 4 is 5.91 Å². The monoisotopic (exact) mass is 238 g/mol. The van der Waals surface area contributed by atoms with Crippen LogP contribution < -0.4 is 10.6 Å². The molecule has 2 rings (SSSR count). The number of fused-ring (bicyclic) bond motifs is 1. The first-order valence-corrected chi connectivity index (χ1v) is 7.08. The van der Waals surface area contributed by atoms with Crippen LogP contribution in [0.3, 0.4) is 0 Å². The van der Waals surface area contributed by atoms with Crippen LogP contribution >= 0.6 is 0 Å². The molecule has 0 aromatic rings. The number of amides is 1. The predicted molar refractivity (Wildman–Crippen MR) is 69.7 cm³/mol. The van der Waals surface area contributed by atoms with Gasteiger partial charge in [-0.15, -0.1) is 0 Å². The topological polar surface area (TPSA) is 41.1 Å². The van der Waals surface area contributed by atoms with E-state index >= 15 is 0 Å². The predicted octanol–water partition coefficient (Wildman–Crippen LogP) is 1.93. The Kier molecular flexibility index (Phi) is 3.76. The standard InChI is InChI=1S/C14H26N2O/c1-10(2)11(3)16-13(17)14-7-5-4-6-12(14)8-15-9-14/h10-12,15H,4-9H2,1-3H3,(H,16,17)/t11?,12-,14+/m0/s1. The van der Waals surface area contributed by atoms with Crippen molar-refractivity contribution < 1.29 is 4.79 Å². The maximum absolute atomic E-state index is 12.6. The lowest BCUT2D eigenvalue weighted by molar-refractivity contribution is -0.135. The summed E-state index contributed by atoms with van der Waals surface area (Å²) in [5.74, 6) is 1.37. The zero-order chi connectivity index (χ0) is 12.5. The van der Waals surface area contributed by atoms with Gasteiger partial charge in [0.2, 0.25) is 5.91 Å². The summed E-state index contributed by atoms with van der Waals surface area (Å²) in [4.78, 5) is 12.6.